The van der Waals surface area contributed by atoms with Crippen molar-refractivity contribution in [2.75, 3.05) is 6.54 Å². The highest BCUT2D eigenvalue weighted by Crippen LogP contribution is 2.11. The fourth-order valence-corrected chi connectivity index (χ4v) is 1.06. The lowest BCUT2D eigenvalue weighted by Crippen LogP contribution is -1.95. The summed E-state index contributed by atoms with van der Waals surface area (Å²) in [4.78, 5) is 9.82. The SMILES string of the molecule is CCCCN.CCc1ccc([N+](=O)[O-])cc1. The van der Waals surface area contributed by atoms with E-state index in [0.717, 1.165) is 18.5 Å². The molecule has 2 N–H and O–H groups in total. The Morgan fingerprint density at radius 1 is 1.25 bits per heavy atom. The van der Waals surface area contributed by atoms with Crippen LogP contribution in [0.25, 0.3) is 0 Å². The average molecular weight is 224 g/mol. The van der Waals surface area contributed by atoms with Crippen LogP contribution in [0.15, 0.2) is 24.3 Å². The van der Waals surface area contributed by atoms with Crippen LogP contribution in [0.1, 0.15) is 32.3 Å². The van der Waals surface area contributed by atoms with Gasteiger partial charge in [0.05, 0.1) is 4.92 Å². The van der Waals surface area contributed by atoms with Crippen LogP contribution in [0.5, 0.6) is 0 Å². The number of hydrogen-bond donors (Lipinski definition) is 1. The Labute approximate surface area is 96.6 Å². The summed E-state index contributed by atoms with van der Waals surface area (Å²) in [7, 11) is 0. The quantitative estimate of drug-likeness (QED) is 0.631. The normalized spacial score (nSPS) is 9.19. The van der Waals surface area contributed by atoms with Crippen molar-refractivity contribution in [1.29, 1.82) is 0 Å². The van der Waals surface area contributed by atoms with Crippen LogP contribution in [0.3, 0.4) is 0 Å². The van der Waals surface area contributed by atoms with Gasteiger partial charge in [0, 0.05) is 12.1 Å². The molecule has 0 radical (unpaired) electrons. The first-order valence-electron chi connectivity index (χ1n) is 5.59. The zero-order valence-corrected chi connectivity index (χ0v) is 9.98. The largest absolute Gasteiger partial charge is 0.330 e. The first kappa shape index (κ1) is 14.6. The monoisotopic (exact) mass is 224 g/mol. The molecule has 0 aliphatic rings. The average Bonchev–Trinajstić information content (AvgIpc) is 2.31. The Morgan fingerprint density at radius 2 is 1.81 bits per heavy atom. The summed E-state index contributed by atoms with van der Waals surface area (Å²) in [6, 6.07) is 6.61. The molecule has 0 atom stereocenters. The number of benzene rings is 1. The van der Waals surface area contributed by atoms with Crippen LogP contribution in [0.4, 0.5) is 5.69 Å². The van der Waals surface area contributed by atoms with E-state index in [2.05, 4.69) is 6.92 Å². The van der Waals surface area contributed by atoms with Crippen molar-refractivity contribution < 1.29 is 4.92 Å². The first-order chi connectivity index (χ1) is 7.65. The smallest absolute Gasteiger partial charge is 0.269 e. The molecular weight excluding hydrogens is 204 g/mol. The van der Waals surface area contributed by atoms with E-state index in [1.807, 2.05) is 6.92 Å². The third-order valence-electron chi connectivity index (χ3n) is 2.11. The number of nitro benzene ring substituents is 1. The van der Waals surface area contributed by atoms with Crippen molar-refractivity contribution in [2.24, 2.45) is 5.73 Å². The zero-order valence-electron chi connectivity index (χ0n) is 9.98. The molecule has 0 saturated carbocycles. The second-order valence-corrected chi connectivity index (χ2v) is 3.42. The standard InChI is InChI=1S/C8H9NO2.C4H11N/c1-2-7-3-5-8(6-4-7)9(10)11;1-2-3-4-5/h3-6H,2H2,1H3;2-5H2,1H3. The van der Waals surface area contributed by atoms with Gasteiger partial charge in [-0.25, -0.2) is 0 Å². The first-order valence-corrected chi connectivity index (χ1v) is 5.59. The molecule has 0 unspecified atom stereocenters. The van der Waals surface area contributed by atoms with Crippen molar-refractivity contribution in [3.8, 4) is 0 Å². The van der Waals surface area contributed by atoms with E-state index in [1.165, 1.54) is 25.0 Å². The van der Waals surface area contributed by atoms with Gasteiger partial charge in [-0.3, -0.25) is 10.1 Å². The molecule has 0 saturated heterocycles. The van der Waals surface area contributed by atoms with Gasteiger partial charge < -0.3 is 5.73 Å². The molecule has 0 amide bonds. The van der Waals surface area contributed by atoms with E-state index in [0.29, 0.717) is 0 Å². The maximum atomic E-state index is 10.2. The van der Waals surface area contributed by atoms with Gasteiger partial charge in [0.1, 0.15) is 0 Å². The zero-order chi connectivity index (χ0) is 12.4. The number of nitrogens with two attached hydrogens (primary N) is 1. The van der Waals surface area contributed by atoms with Gasteiger partial charge >= 0.3 is 0 Å². The molecule has 0 aliphatic carbocycles. The summed E-state index contributed by atoms with van der Waals surface area (Å²) >= 11 is 0. The van der Waals surface area contributed by atoms with E-state index in [1.54, 1.807) is 12.1 Å². The molecule has 1 aromatic rings. The van der Waals surface area contributed by atoms with Crippen LogP contribution in [0.2, 0.25) is 0 Å². The predicted octanol–water partition coefficient (Wildman–Crippen LogP) is 2.90. The van der Waals surface area contributed by atoms with Crippen LogP contribution < -0.4 is 5.73 Å². The molecule has 1 aromatic carbocycles. The molecule has 4 heteroatoms. The Hall–Kier alpha value is -1.42. The maximum absolute atomic E-state index is 10.2. The van der Waals surface area contributed by atoms with E-state index < -0.39 is 0 Å². The molecule has 0 bridgehead atoms. The van der Waals surface area contributed by atoms with Gasteiger partial charge in [-0.05, 0) is 24.9 Å². The molecule has 0 fully saturated rings. The van der Waals surface area contributed by atoms with Crippen LogP contribution in [-0.4, -0.2) is 11.5 Å². The Kier molecular flexibility index (Phi) is 8.07. The molecule has 90 valence electrons. The molecule has 0 heterocycles. The van der Waals surface area contributed by atoms with E-state index in [-0.39, 0.29) is 10.6 Å². The molecule has 16 heavy (non-hydrogen) atoms. The molecule has 4 nitrogen and oxygen atoms in total. The summed E-state index contributed by atoms with van der Waals surface area (Å²) in [6.07, 6.45) is 3.30. The highest BCUT2D eigenvalue weighted by Gasteiger charge is 2.01. The minimum Gasteiger partial charge on any atom is -0.330 e. The Bertz CT molecular complexity index is 294. The number of hydrogen-bond acceptors (Lipinski definition) is 3. The Morgan fingerprint density at radius 3 is 2.06 bits per heavy atom. The number of aryl methyl sites for hydroxylation is 1. The second kappa shape index (κ2) is 8.85. The van der Waals surface area contributed by atoms with Gasteiger partial charge in [0.15, 0.2) is 0 Å². The van der Waals surface area contributed by atoms with Crippen LogP contribution >= 0.6 is 0 Å². The molecule has 0 spiro atoms. The van der Waals surface area contributed by atoms with Gasteiger partial charge in [0.25, 0.3) is 5.69 Å². The Balaban J connectivity index is 0.000000385. The minimum absolute atomic E-state index is 0.155. The lowest BCUT2D eigenvalue weighted by atomic mass is 10.2. The van der Waals surface area contributed by atoms with Gasteiger partial charge in [-0.2, -0.15) is 0 Å². The number of non-ortho nitro benzene ring substituents is 1. The van der Waals surface area contributed by atoms with E-state index >= 15 is 0 Å². The third kappa shape index (κ3) is 6.14. The lowest BCUT2D eigenvalue weighted by Gasteiger charge is -1.93. The summed E-state index contributed by atoms with van der Waals surface area (Å²) in [5.41, 5.74) is 6.41. The maximum Gasteiger partial charge on any atom is 0.269 e. The number of unbranched alkanes of at least 4 members (excludes halogenated alkanes) is 1. The third-order valence-corrected chi connectivity index (χ3v) is 2.11. The summed E-state index contributed by atoms with van der Waals surface area (Å²) in [6.45, 7) is 4.99. The predicted molar refractivity (Wildman–Crippen MR) is 66.4 cm³/mol. The van der Waals surface area contributed by atoms with E-state index in [4.69, 9.17) is 5.73 Å². The molecular formula is C12H20N2O2. The van der Waals surface area contributed by atoms with Gasteiger partial charge in [-0.15, -0.1) is 0 Å². The van der Waals surface area contributed by atoms with Crippen LogP contribution in [-0.2, 0) is 6.42 Å². The fraction of sp³-hybridized carbons (Fsp3) is 0.500. The second-order valence-electron chi connectivity index (χ2n) is 3.42. The summed E-state index contributed by atoms with van der Waals surface area (Å²) < 4.78 is 0. The summed E-state index contributed by atoms with van der Waals surface area (Å²) in [5.74, 6) is 0. The van der Waals surface area contributed by atoms with Crippen molar-refractivity contribution in [3.63, 3.8) is 0 Å². The van der Waals surface area contributed by atoms with Crippen molar-refractivity contribution in [3.05, 3.63) is 39.9 Å². The number of nitro groups is 1. The van der Waals surface area contributed by atoms with Gasteiger partial charge in [0.2, 0.25) is 0 Å². The number of nitrogens with zero attached hydrogens (tertiary/aromatic N) is 1. The highest BCUT2D eigenvalue weighted by molar-refractivity contribution is 5.32. The summed E-state index contributed by atoms with van der Waals surface area (Å²) in [5, 5.41) is 10.2. The van der Waals surface area contributed by atoms with Crippen molar-refractivity contribution >= 4 is 5.69 Å². The highest BCUT2D eigenvalue weighted by atomic mass is 16.6. The molecule has 0 aliphatic heterocycles. The lowest BCUT2D eigenvalue weighted by molar-refractivity contribution is -0.384. The topological polar surface area (TPSA) is 69.2 Å². The van der Waals surface area contributed by atoms with E-state index in [9.17, 15) is 10.1 Å². The minimum atomic E-state index is -0.389. The van der Waals surface area contributed by atoms with Crippen molar-refractivity contribution in [1.82, 2.24) is 0 Å². The molecule has 1 rings (SSSR count). The number of rotatable bonds is 4. The van der Waals surface area contributed by atoms with Crippen molar-refractivity contribution in [2.45, 2.75) is 33.1 Å². The fourth-order valence-electron chi connectivity index (χ4n) is 1.06. The molecule has 0 aromatic heterocycles. The van der Waals surface area contributed by atoms with Gasteiger partial charge in [-0.1, -0.05) is 32.4 Å². The van der Waals surface area contributed by atoms with Crippen LogP contribution in [0, 0.1) is 10.1 Å².